The van der Waals surface area contributed by atoms with Crippen molar-refractivity contribution in [1.82, 2.24) is 4.98 Å². The SMILES string of the molecule is Cc1cc(C)nc(C)c1.[N-]=[N+]=[N-].[Sn+4].[c-]1ccccc1.[c-]1ccccc1.[c-]1ccccc1. The summed E-state index contributed by atoms with van der Waals surface area (Å²) < 4.78 is 0. The molecule has 4 aromatic rings. The molecule has 1 aromatic heterocycles. The molecule has 0 aliphatic carbocycles. The van der Waals surface area contributed by atoms with Crippen LogP contribution >= 0.6 is 0 Å². The minimum atomic E-state index is 0. The Balaban J connectivity index is 0. The van der Waals surface area contributed by atoms with Gasteiger partial charge in [0.2, 0.25) is 0 Å². The van der Waals surface area contributed by atoms with E-state index in [0.29, 0.717) is 0 Å². The molecule has 0 unspecified atom stereocenters. The van der Waals surface area contributed by atoms with Crippen molar-refractivity contribution in [2.75, 3.05) is 0 Å². The van der Waals surface area contributed by atoms with E-state index in [1.54, 1.807) is 0 Å². The van der Waals surface area contributed by atoms with Crippen LogP contribution in [0.3, 0.4) is 0 Å². The fourth-order valence-electron chi connectivity index (χ4n) is 2.07. The minimum Gasteiger partial charge on any atom is -0.373 e. The van der Waals surface area contributed by atoms with Crippen LogP contribution in [-0.2, 0) is 0 Å². The van der Waals surface area contributed by atoms with Crippen LogP contribution in [0.25, 0.3) is 16.0 Å². The first kappa shape index (κ1) is 30.1. The average molecular weight is 513 g/mol. The first-order valence-corrected chi connectivity index (χ1v) is 9.23. The first-order chi connectivity index (χ1) is 14.6. The topological polar surface area (TPSA) is 71.6 Å². The van der Waals surface area contributed by atoms with Crippen molar-refractivity contribution in [2.45, 2.75) is 20.8 Å². The van der Waals surface area contributed by atoms with Gasteiger partial charge in [0.25, 0.3) is 0 Å². The van der Waals surface area contributed by atoms with Crippen molar-refractivity contribution in [2.24, 2.45) is 0 Å². The van der Waals surface area contributed by atoms with Crippen LogP contribution in [-0.4, -0.2) is 28.9 Å². The summed E-state index contributed by atoms with van der Waals surface area (Å²) in [6.07, 6.45) is 0. The van der Waals surface area contributed by atoms with Gasteiger partial charge < -0.3 is 11.1 Å². The van der Waals surface area contributed by atoms with Gasteiger partial charge >= 0.3 is 23.9 Å². The van der Waals surface area contributed by atoms with E-state index in [1.807, 2.05) is 105 Å². The number of hydrogen-bond donors (Lipinski definition) is 0. The summed E-state index contributed by atoms with van der Waals surface area (Å²) >= 11 is 0. The molecule has 0 atom stereocenters. The van der Waals surface area contributed by atoms with Gasteiger partial charge in [-0.2, -0.15) is 109 Å². The molecule has 0 spiro atoms. The number of hydrogen-bond acceptors (Lipinski definition) is 1. The van der Waals surface area contributed by atoms with Gasteiger partial charge in [0.05, 0.1) is 0 Å². The van der Waals surface area contributed by atoms with Crippen LogP contribution in [0.5, 0.6) is 0 Å². The predicted molar refractivity (Wildman–Crippen MR) is 130 cm³/mol. The molecule has 0 aliphatic heterocycles. The maximum absolute atomic E-state index is 6.75. The molecule has 4 rings (SSSR count). The van der Waals surface area contributed by atoms with E-state index in [-0.39, 0.29) is 23.9 Å². The van der Waals surface area contributed by atoms with Gasteiger partial charge in [0.1, 0.15) is 0 Å². The van der Waals surface area contributed by atoms with Crippen molar-refractivity contribution in [3.05, 3.63) is 154 Å². The molecule has 0 fully saturated rings. The summed E-state index contributed by atoms with van der Waals surface area (Å²) in [6.45, 7) is 6.11. The molecule has 0 radical (unpaired) electrons. The second-order valence-electron chi connectivity index (χ2n) is 5.75. The molecular formula is C26H26N4Sn. The smallest absolute Gasteiger partial charge is 0.373 e. The van der Waals surface area contributed by atoms with Crippen molar-refractivity contribution < 1.29 is 0 Å². The Hall–Kier alpha value is -3.08. The fraction of sp³-hybridized carbons (Fsp3) is 0.115. The first-order valence-electron chi connectivity index (χ1n) is 9.23. The quantitative estimate of drug-likeness (QED) is 0.0825. The number of nitrogens with zero attached hydrogens (tertiary/aromatic N) is 4. The number of pyridine rings is 1. The second kappa shape index (κ2) is 23.2. The van der Waals surface area contributed by atoms with Gasteiger partial charge in [-0.15, -0.1) is 0 Å². The van der Waals surface area contributed by atoms with Crippen LogP contribution in [0.4, 0.5) is 0 Å². The van der Waals surface area contributed by atoms with E-state index in [0.717, 1.165) is 11.4 Å². The largest absolute Gasteiger partial charge is 4.00 e. The zero-order valence-electron chi connectivity index (χ0n) is 18.1. The van der Waals surface area contributed by atoms with Gasteiger partial charge in [-0.25, -0.2) is 0 Å². The molecule has 0 saturated heterocycles. The minimum absolute atomic E-state index is 0. The molecule has 5 heteroatoms. The van der Waals surface area contributed by atoms with Gasteiger partial charge in [-0.3, -0.25) is 9.90 Å². The number of aromatic nitrogens is 1. The molecule has 0 bridgehead atoms. The third kappa shape index (κ3) is 23.1. The normalized spacial score (nSPS) is 7.71. The van der Waals surface area contributed by atoms with E-state index in [9.17, 15) is 0 Å². The Morgan fingerprint density at radius 2 is 0.839 bits per heavy atom. The fourth-order valence-corrected chi connectivity index (χ4v) is 2.07. The maximum atomic E-state index is 6.75. The monoisotopic (exact) mass is 514 g/mol. The average Bonchev–Trinajstić information content (AvgIpc) is 2.78. The Kier molecular flexibility index (Phi) is 22.5. The summed E-state index contributed by atoms with van der Waals surface area (Å²) in [5.41, 5.74) is 17.0. The van der Waals surface area contributed by atoms with Crippen molar-refractivity contribution >= 4 is 23.9 Å². The van der Waals surface area contributed by atoms with Crippen LogP contribution in [0.15, 0.2) is 103 Å². The molecule has 4 nitrogen and oxygen atoms in total. The Morgan fingerprint density at radius 3 is 0.968 bits per heavy atom. The summed E-state index contributed by atoms with van der Waals surface area (Å²) in [4.78, 5) is 5.73. The predicted octanol–water partition coefficient (Wildman–Crippen LogP) is 6.95. The molecule has 154 valence electrons. The molecule has 1 heterocycles. The van der Waals surface area contributed by atoms with Crippen LogP contribution in [0, 0.1) is 39.0 Å². The number of rotatable bonds is 0. The van der Waals surface area contributed by atoms with E-state index in [2.05, 4.69) is 42.2 Å². The third-order valence-electron chi connectivity index (χ3n) is 3.05. The van der Waals surface area contributed by atoms with Crippen LogP contribution in [0.2, 0.25) is 0 Å². The van der Waals surface area contributed by atoms with Crippen LogP contribution in [0.1, 0.15) is 17.0 Å². The third-order valence-corrected chi connectivity index (χ3v) is 3.05. The summed E-state index contributed by atoms with van der Waals surface area (Å²) in [5, 5.41) is 0. The van der Waals surface area contributed by atoms with Crippen LogP contribution < -0.4 is 0 Å². The van der Waals surface area contributed by atoms with Crippen molar-refractivity contribution in [3.63, 3.8) is 0 Å². The molecule has 31 heavy (non-hydrogen) atoms. The van der Waals surface area contributed by atoms with E-state index in [4.69, 9.17) is 11.1 Å². The van der Waals surface area contributed by atoms with Gasteiger partial charge in [-0.1, -0.05) is 0 Å². The van der Waals surface area contributed by atoms with Crippen molar-refractivity contribution in [1.29, 1.82) is 0 Å². The zero-order valence-corrected chi connectivity index (χ0v) is 21.0. The van der Waals surface area contributed by atoms with E-state index < -0.39 is 0 Å². The Labute approximate surface area is 203 Å². The number of aryl methyl sites for hydroxylation is 3. The molecule has 0 amide bonds. The van der Waals surface area contributed by atoms with E-state index >= 15 is 0 Å². The standard InChI is InChI=1S/C8H11N.3C6H5.N3.Sn/c1-6-4-7(2)9-8(3)5-6;3*1-2-4-6-5-3-1;1-3-2;/h4-5H,1-3H3;3*1-5H;;/q;4*-1;+4. The second-order valence-corrected chi connectivity index (χ2v) is 5.75. The van der Waals surface area contributed by atoms with Gasteiger partial charge in [0, 0.05) is 11.4 Å². The molecule has 3 aromatic carbocycles. The molecule has 0 N–H and O–H groups in total. The van der Waals surface area contributed by atoms with Gasteiger partial charge in [0.15, 0.2) is 0 Å². The molecule has 0 aliphatic rings. The number of benzene rings is 3. The molecule has 0 saturated carbocycles. The van der Waals surface area contributed by atoms with E-state index in [1.165, 1.54) is 10.5 Å². The Morgan fingerprint density at radius 1 is 0.581 bits per heavy atom. The summed E-state index contributed by atoms with van der Waals surface area (Å²) in [5.74, 6) is 0. The Bertz CT molecular complexity index is 691. The van der Waals surface area contributed by atoms with Crippen molar-refractivity contribution in [3.8, 4) is 0 Å². The maximum Gasteiger partial charge on any atom is 4.00 e. The molecular weight excluding hydrogens is 487 g/mol. The zero-order chi connectivity index (χ0) is 22.3. The summed E-state index contributed by atoms with van der Waals surface area (Å²) in [6, 6.07) is 41.7. The van der Waals surface area contributed by atoms with Gasteiger partial charge in [-0.05, 0) is 38.5 Å². The summed E-state index contributed by atoms with van der Waals surface area (Å²) in [7, 11) is 0.